The molecule has 0 unspecified atom stereocenters. The van der Waals surface area contributed by atoms with E-state index in [0.717, 1.165) is 48.6 Å². The fraction of sp³-hybridized carbons (Fsp3) is 1.00. The van der Waals surface area contributed by atoms with Crippen molar-refractivity contribution in [2.45, 2.75) is 16.7 Å². The molecule has 0 bridgehead atoms. The van der Waals surface area contributed by atoms with Crippen molar-refractivity contribution in [3.05, 3.63) is 0 Å². The van der Waals surface area contributed by atoms with E-state index in [1.54, 1.807) is 0 Å². The third-order valence-corrected chi connectivity index (χ3v) is 16.6. The quantitative estimate of drug-likeness (QED) is 0.387. The van der Waals surface area contributed by atoms with Gasteiger partial charge in [-0.15, -0.1) is 0 Å². The molecule has 1 rings (SSSR count). The van der Waals surface area contributed by atoms with Crippen molar-refractivity contribution >= 4 is 70.1 Å². The van der Waals surface area contributed by atoms with Gasteiger partial charge in [-0.05, 0) is 0 Å². The summed E-state index contributed by atoms with van der Waals surface area (Å²) < 4.78 is 4.38. The Morgan fingerprint density at radius 1 is 1.22 bits per heavy atom. The summed E-state index contributed by atoms with van der Waals surface area (Å²) >= 11 is 11.5. The Labute approximate surface area is 86.0 Å². The van der Waals surface area contributed by atoms with Crippen molar-refractivity contribution in [3.63, 3.8) is 0 Å². The Balaban J connectivity index is 2.23. The van der Waals surface area contributed by atoms with Gasteiger partial charge in [0.15, 0.2) is 0 Å². The second-order valence-electron chi connectivity index (χ2n) is 1.56. The Morgan fingerprint density at radius 2 is 1.78 bits per heavy atom. The van der Waals surface area contributed by atoms with Crippen LogP contribution in [0.3, 0.4) is 0 Å². The summed E-state index contributed by atoms with van der Waals surface area (Å²) in [5.41, 5.74) is 0. The van der Waals surface area contributed by atoms with E-state index in [1.165, 1.54) is 8.44 Å². The Kier molecular flexibility index (Phi) is 5.20. The van der Waals surface area contributed by atoms with Crippen molar-refractivity contribution < 1.29 is 0 Å². The molecule has 1 heterocycles. The van der Waals surface area contributed by atoms with Gasteiger partial charge in [-0.2, -0.15) is 0 Å². The molecular formula is C4H8S2Se3. The SMILES string of the molecule is SC(S)C1[Se]C[Se]C[Se]1. The van der Waals surface area contributed by atoms with E-state index in [9.17, 15) is 0 Å². The fourth-order valence-electron chi connectivity index (χ4n) is 0.485. The van der Waals surface area contributed by atoms with Crippen LogP contribution in [0.1, 0.15) is 0 Å². The number of hydrogen-bond donors (Lipinski definition) is 2. The third-order valence-electron chi connectivity index (χ3n) is 0.875. The zero-order chi connectivity index (χ0) is 6.69. The summed E-state index contributed by atoms with van der Waals surface area (Å²) in [5, 5.41) is 0. The first-order chi connectivity index (χ1) is 4.30. The van der Waals surface area contributed by atoms with E-state index in [1.807, 2.05) is 0 Å². The maximum atomic E-state index is 4.34. The Morgan fingerprint density at radius 3 is 2.11 bits per heavy atom. The van der Waals surface area contributed by atoms with Gasteiger partial charge < -0.3 is 0 Å². The molecule has 0 aromatic rings. The van der Waals surface area contributed by atoms with Crippen LogP contribution in [0.5, 0.6) is 0 Å². The average molecular weight is 357 g/mol. The first-order valence-corrected chi connectivity index (χ1v) is 10.3. The summed E-state index contributed by atoms with van der Waals surface area (Å²) in [4.78, 5) is 0. The molecule has 9 heavy (non-hydrogen) atoms. The molecule has 1 saturated heterocycles. The number of thiol groups is 2. The molecular weight excluding hydrogens is 349 g/mol. The zero-order valence-electron chi connectivity index (χ0n) is 4.69. The van der Waals surface area contributed by atoms with Gasteiger partial charge in [-0.25, -0.2) is 0 Å². The van der Waals surface area contributed by atoms with Gasteiger partial charge in [0.1, 0.15) is 0 Å². The normalized spacial score (nSPS) is 23.0. The van der Waals surface area contributed by atoms with Gasteiger partial charge >= 0.3 is 86.9 Å². The molecule has 54 valence electrons. The maximum absolute atomic E-state index is 4.34. The Hall–Kier alpha value is 2.26. The number of hydrogen-bond acceptors (Lipinski definition) is 2. The van der Waals surface area contributed by atoms with Crippen LogP contribution in [0.25, 0.3) is 0 Å². The van der Waals surface area contributed by atoms with E-state index in [0.29, 0.717) is 4.58 Å². The third kappa shape index (κ3) is 3.44. The summed E-state index contributed by atoms with van der Waals surface area (Å²) in [7, 11) is 0. The van der Waals surface area contributed by atoms with Crippen molar-refractivity contribution in [2.75, 3.05) is 0 Å². The molecule has 5 heteroatoms. The predicted molar refractivity (Wildman–Crippen MR) is 52.4 cm³/mol. The molecule has 0 amide bonds. The molecule has 0 N–H and O–H groups in total. The van der Waals surface area contributed by atoms with Gasteiger partial charge in [0.05, 0.1) is 0 Å². The van der Waals surface area contributed by atoms with E-state index >= 15 is 0 Å². The van der Waals surface area contributed by atoms with E-state index in [-0.39, 0.29) is 0 Å². The van der Waals surface area contributed by atoms with Crippen LogP contribution >= 0.6 is 25.3 Å². The predicted octanol–water partition coefficient (Wildman–Crippen LogP) is 0.796. The summed E-state index contributed by atoms with van der Waals surface area (Å²) in [5.74, 6) is 0. The first kappa shape index (κ1) is 9.35. The summed E-state index contributed by atoms with van der Waals surface area (Å²) in [6, 6.07) is 0. The van der Waals surface area contributed by atoms with Gasteiger partial charge in [0.25, 0.3) is 0 Å². The van der Waals surface area contributed by atoms with Crippen LogP contribution in [0, 0.1) is 0 Å². The van der Waals surface area contributed by atoms with E-state index in [2.05, 4.69) is 25.3 Å². The van der Waals surface area contributed by atoms with Gasteiger partial charge in [-0.3, -0.25) is 0 Å². The molecule has 0 aliphatic carbocycles. The average Bonchev–Trinajstić information content (AvgIpc) is 1.90. The zero-order valence-corrected chi connectivity index (χ0v) is 11.6. The summed E-state index contributed by atoms with van der Waals surface area (Å²) in [6.07, 6.45) is 0. The second kappa shape index (κ2) is 5.00. The topological polar surface area (TPSA) is 0 Å². The molecule has 1 fully saturated rings. The second-order valence-corrected chi connectivity index (χ2v) is 15.1. The molecule has 0 radical (unpaired) electrons. The molecule has 0 nitrogen and oxygen atoms in total. The number of rotatable bonds is 1. The van der Waals surface area contributed by atoms with Crippen LogP contribution in [-0.4, -0.2) is 49.5 Å². The minimum absolute atomic E-state index is 0.390. The molecule has 0 aromatic heterocycles. The molecule has 0 atom stereocenters. The van der Waals surface area contributed by atoms with Gasteiger partial charge in [0.2, 0.25) is 0 Å². The molecule has 0 spiro atoms. The first-order valence-electron chi connectivity index (χ1n) is 2.48. The van der Waals surface area contributed by atoms with Crippen LogP contribution in [0.15, 0.2) is 0 Å². The summed E-state index contributed by atoms with van der Waals surface area (Å²) in [6.45, 7) is 0. The van der Waals surface area contributed by atoms with Gasteiger partial charge in [0, 0.05) is 0 Å². The molecule has 0 saturated carbocycles. The Bertz CT molecular complexity index is 81.9. The van der Waals surface area contributed by atoms with Gasteiger partial charge in [-0.1, -0.05) is 0 Å². The van der Waals surface area contributed by atoms with Crippen molar-refractivity contribution in [1.82, 2.24) is 0 Å². The van der Waals surface area contributed by atoms with Crippen LogP contribution < -0.4 is 0 Å². The van der Waals surface area contributed by atoms with E-state index < -0.39 is 0 Å². The van der Waals surface area contributed by atoms with Crippen molar-refractivity contribution in [1.29, 1.82) is 0 Å². The standard InChI is InChI=1S/C4H8S2Se3/c5-3(6)4-8-1-7-2-9-4/h3-6H,1-2H2. The molecule has 0 aromatic carbocycles. The van der Waals surface area contributed by atoms with E-state index in [4.69, 9.17) is 0 Å². The minimum atomic E-state index is 0.390. The fourth-order valence-corrected chi connectivity index (χ4v) is 21.3. The monoisotopic (exact) mass is 360 g/mol. The van der Waals surface area contributed by atoms with Crippen molar-refractivity contribution in [3.8, 4) is 0 Å². The van der Waals surface area contributed by atoms with Crippen LogP contribution in [0.4, 0.5) is 0 Å². The molecule has 1 aliphatic rings. The van der Waals surface area contributed by atoms with Crippen molar-refractivity contribution in [2.24, 2.45) is 0 Å². The van der Waals surface area contributed by atoms with Crippen LogP contribution in [0.2, 0.25) is 12.2 Å². The molecule has 1 aliphatic heterocycles. The van der Waals surface area contributed by atoms with Crippen LogP contribution in [-0.2, 0) is 0 Å².